The summed E-state index contributed by atoms with van der Waals surface area (Å²) in [5.41, 5.74) is -3.35. The third-order valence-corrected chi connectivity index (χ3v) is 4.40. The molecule has 1 fully saturated rings. The number of aliphatic hydroxyl groups is 1. The Morgan fingerprint density at radius 1 is 1.38 bits per heavy atom. The molecule has 0 aliphatic carbocycles. The van der Waals surface area contributed by atoms with Crippen LogP contribution in [0.15, 0.2) is 16.5 Å². The maximum Gasteiger partial charge on any atom is 0.425 e. The molecule has 0 saturated carbocycles. The van der Waals surface area contributed by atoms with Gasteiger partial charge in [-0.2, -0.15) is 13.2 Å². The predicted molar refractivity (Wildman–Crippen MR) is 79.2 cm³/mol. The summed E-state index contributed by atoms with van der Waals surface area (Å²) in [6.07, 6.45) is -4.70. The Labute approximate surface area is 138 Å². The topological polar surface area (TPSA) is 71.7 Å². The van der Waals surface area contributed by atoms with Gasteiger partial charge in [0.05, 0.1) is 6.42 Å². The lowest BCUT2D eigenvalue weighted by atomic mass is 9.91. The van der Waals surface area contributed by atoms with E-state index < -0.39 is 29.9 Å². The zero-order valence-corrected chi connectivity index (χ0v) is 13.7. The van der Waals surface area contributed by atoms with E-state index in [2.05, 4.69) is 5.32 Å². The lowest BCUT2D eigenvalue weighted by Crippen LogP contribution is -2.48. The van der Waals surface area contributed by atoms with Crippen molar-refractivity contribution in [3.63, 3.8) is 0 Å². The number of hydrogen-bond donors (Lipinski definition) is 2. The summed E-state index contributed by atoms with van der Waals surface area (Å²) in [5.74, 6) is -1.18. The predicted octanol–water partition coefficient (Wildman–Crippen LogP) is 2.66. The van der Waals surface area contributed by atoms with E-state index in [1.54, 1.807) is 6.92 Å². The number of carbonyl (C=O) groups is 1. The number of carbonyl (C=O) groups excluding carboxylic acids is 1. The summed E-state index contributed by atoms with van der Waals surface area (Å²) >= 11 is 0. The van der Waals surface area contributed by atoms with Gasteiger partial charge in [0.2, 0.25) is 11.5 Å². The number of ether oxygens (including phenoxy) is 1. The number of halogens is 3. The molecule has 1 aromatic rings. The van der Waals surface area contributed by atoms with Gasteiger partial charge < -0.3 is 19.6 Å². The van der Waals surface area contributed by atoms with Crippen LogP contribution in [-0.4, -0.2) is 36.4 Å². The maximum atomic E-state index is 13.3. The van der Waals surface area contributed by atoms with Gasteiger partial charge in [-0.3, -0.25) is 4.79 Å². The van der Waals surface area contributed by atoms with Crippen molar-refractivity contribution < 1.29 is 32.2 Å². The molecule has 5 nitrogen and oxygen atoms in total. The highest BCUT2D eigenvalue weighted by molar-refractivity contribution is 5.77. The van der Waals surface area contributed by atoms with E-state index in [0.717, 1.165) is 18.9 Å². The number of furan rings is 1. The number of aryl methyl sites for hydroxylation is 1. The van der Waals surface area contributed by atoms with Gasteiger partial charge >= 0.3 is 6.18 Å². The Hall–Kier alpha value is -1.54. The summed E-state index contributed by atoms with van der Waals surface area (Å²) in [6, 6.07) is 2.06. The molecule has 8 heteroatoms. The van der Waals surface area contributed by atoms with Gasteiger partial charge in [-0.1, -0.05) is 0 Å². The van der Waals surface area contributed by atoms with Crippen molar-refractivity contribution in [3.8, 4) is 0 Å². The van der Waals surface area contributed by atoms with E-state index in [9.17, 15) is 23.1 Å². The minimum absolute atomic E-state index is 0.146. The van der Waals surface area contributed by atoms with Gasteiger partial charge in [-0.25, -0.2) is 0 Å². The number of nitrogens with one attached hydrogen (secondary N) is 1. The molecule has 2 rings (SSSR count). The quantitative estimate of drug-likeness (QED) is 0.857. The summed E-state index contributed by atoms with van der Waals surface area (Å²) < 4.78 is 50.2. The Morgan fingerprint density at radius 3 is 2.50 bits per heavy atom. The first kappa shape index (κ1) is 18.8. The van der Waals surface area contributed by atoms with Crippen LogP contribution < -0.4 is 5.32 Å². The van der Waals surface area contributed by atoms with Crippen molar-refractivity contribution in [2.24, 2.45) is 5.92 Å². The molecular weight excluding hydrogens is 327 g/mol. The smallest absolute Gasteiger partial charge is 0.425 e. The molecule has 0 radical (unpaired) electrons. The fourth-order valence-electron chi connectivity index (χ4n) is 2.85. The summed E-state index contributed by atoms with van der Waals surface area (Å²) in [7, 11) is 0. The van der Waals surface area contributed by atoms with E-state index in [1.807, 2.05) is 0 Å². The second kappa shape index (κ2) is 7.14. The third kappa shape index (κ3) is 4.10. The summed E-state index contributed by atoms with van der Waals surface area (Å²) in [4.78, 5) is 12.1. The third-order valence-electron chi connectivity index (χ3n) is 4.40. The van der Waals surface area contributed by atoms with Crippen LogP contribution in [0.3, 0.4) is 0 Å². The summed E-state index contributed by atoms with van der Waals surface area (Å²) in [5, 5.41) is 12.7. The lowest BCUT2D eigenvalue weighted by Gasteiger charge is -2.31. The van der Waals surface area contributed by atoms with Crippen LogP contribution in [0.5, 0.6) is 0 Å². The second-order valence-corrected chi connectivity index (χ2v) is 6.25. The first-order valence-electron chi connectivity index (χ1n) is 7.86. The van der Waals surface area contributed by atoms with Crippen LogP contribution >= 0.6 is 0 Å². The number of alkyl halides is 3. The monoisotopic (exact) mass is 349 g/mol. The fourth-order valence-corrected chi connectivity index (χ4v) is 2.85. The fraction of sp³-hybridized carbons (Fsp3) is 0.688. The van der Waals surface area contributed by atoms with Crippen molar-refractivity contribution in [1.82, 2.24) is 5.32 Å². The number of amides is 1. The molecule has 2 heterocycles. The highest BCUT2D eigenvalue weighted by Gasteiger charge is 2.58. The largest absolute Gasteiger partial charge is 0.463 e. The molecule has 24 heavy (non-hydrogen) atoms. The molecule has 2 N–H and O–H groups in total. The van der Waals surface area contributed by atoms with Crippen LogP contribution in [0.25, 0.3) is 0 Å². The van der Waals surface area contributed by atoms with Crippen molar-refractivity contribution in [2.45, 2.75) is 50.9 Å². The van der Waals surface area contributed by atoms with E-state index in [-0.39, 0.29) is 17.7 Å². The average Bonchev–Trinajstić information content (AvgIpc) is 2.93. The highest BCUT2D eigenvalue weighted by atomic mass is 19.4. The van der Waals surface area contributed by atoms with Crippen molar-refractivity contribution >= 4 is 5.91 Å². The van der Waals surface area contributed by atoms with Crippen LogP contribution in [0.2, 0.25) is 0 Å². The Morgan fingerprint density at radius 2 is 2.00 bits per heavy atom. The summed E-state index contributed by atoms with van der Waals surface area (Å²) in [6.45, 7) is 4.36. The lowest BCUT2D eigenvalue weighted by molar-refractivity contribution is -0.273. The van der Waals surface area contributed by atoms with Gasteiger partial charge in [0.25, 0.3) is 0 Å². The van der Waals surface area contributed by atoms with Gasteiger partial charge in [-0.15, -0.1) is 0 Å². The Kier molecular flexibility index (Phi) is 5.59. The molecule has 1 aromatic heterocycles. The van der Waals surface area contributed by atoms with Gasteiger partial charge in [0.15, 0.2) is 0 Å². The van der Waals surface area contributed by atoms with E-state index in [0.29, 0.717) is 13.2 Å². The maximum absolute atomic E-state index is 13.3. The van der Waals surface area contributed by atoms with E-state index >= 15 is 0 Å². The standard InChI is InChI=1S/C16H22F3NO4/c1-10-3-4-13(24-10)15(22,16(17,18)19)9-14(21)20-11(2)12-5-7-23-8-6-12/h3-4,11-12,22H,5-9H2,1-2H3,(H,20,21). The van der Waals surface area contributed by atoms with Crippen LogP contribution in [0.1, 0.15) is 37.7 Å². The zero-order chi connectivity index (χ0) is 18.0. The molecule has 0 aromatic carbocycles. The van der Waals surface area contributed by atoms with Crippen LogP contribution in [-0.2, 0) is 15.1 Å². The van der Waals surface area contributed by atoms with Crippen molar-refractivity contribution in [1.29, 1.82) is 0 Å². The van der Waals surface area contributed by atoms with Crippen LogP contribution in [0, 0.1) is 12.8 Å². The first-order chi connectivity index (χ1) is 11.1. The molecule has 2 atom stereocenters. The number of hydrogen-bond acceptors (Lipinski definition) is 4. The van der Waals surface area contributed by atoms with E-state index in [1.165, 1.54) is 13.0 Å². The first-order valence-corrected chi connectivity index (χ1v) is 7.86. The van der Waals surface area contributed by atoms with E-state index in [4.69, 9.17) is 9.15 Å². The SMILES string of the molecule is Cc1ccc(C(O)(CC(=O)NC(C)C2CCOCC2)C(F)(F)F)o1. The minimum atomic E-state index is -5.03. The highest BCUT2D eigenvalue weighted by Crippen LogP contribution is 2.42. The van der Waals surface area contributed by atoms with Gasteiger partial charge in [0, 0.05) is 19.3 Å². The molecule has 0 spiro atoms. The Balaban J connectivity index is 2.07. The zero-order valence-electron chi connectivity index (χ0n) is 13.7. The molecular formula is C16H22F3NO4. The molecule has 1 aliphatic rings. The minimum Gasteiger partial charge on any atom is -0.463 e. The normalized spacial score (nSPS) is 20.4. The molecule has 1 amide bonds. The van der Waals surface area contributed by atoms with Gasteiger partial charge in [0.1, 0.15) is 11.5 Å². The Bertz CT molecular complexity index is 566. The molecule has 136 valence electrons. The molecule has 1 saturated heterocycles. The van der Waals surface area contributed by atoms with Gasteiger partial charge in [-0.05, 0) is 44.7 Å². The second-order valence-electron chi connectivity index (χ2n) is 6.25. The molecule has 1 aliphatic heterocycles. The van der Waals surface area contributed by atoms with Crippen molar-refractivity contribution in [2.75, 3.05) is 13.2 Å². The average molecular weight is 349 g/mol. The molecule has 2 unspecified atom stereocenters. The molecule has 0 bridgehead atoms. The van der Waals surface area contributed by atoms with Crippen LogP contribution in [0.4, 0.5) is 13.2 Å². The number of rotatable bonds is 5. The van der Waals surface area contributed by atoms with Crippen molar-refractivity contribution in [3.05, 3.63) is 23.7 Å².